The summed E-state index contributed by atoms with van der Waals surface area (Å²) in [4.78, 5) is 11.7. The largest absolute Gasteiger partial charge is 0.504 e. The van der Waals surface area contributed by atoms with Crippen molar-refractivity contribution < 1.29 is 28.2 Å². The van der Waals surface area contributed by atoms with Crippen LogP contribution in [0, 0.1) is 0 Å². The Labute approximate surface area is 109 Å². The third-order valence-corrected chi connectivity index (χ3v) is 2.24. The number of alkyl halides is 2. The zero-order valence-electron chi connectivity index (χ0n) is 10.4. The number of aromatic hydroxyl groups is 1. The molecule has 0 saturated carbocycles. The van der Waals surface area contributed by atoms with Crippen LogP contribution in [0.2, 0.25) is 0 Å². The molecule has 2 N–H and O–H groups in total. The second-order valence-corrected chi connectivity index (χ2v) is 3.58. The Bertz CT molecular complexity index is 426. The lowest BCUT2D eigenvalue weighted by molar-refractivity contribution is 0.0188. The summed E-state index contributed by atoms with van der Waals surface area (Å²) >= 11 is 0. The minimum atomic E-state index is -2.53. The molecule has 0 heterocycles. The predicted octanol–water partition coefficient (Wildman–Crippen LogP) is 1.41. The van der Waals surface area contributed by atoms with Gasteiger partial charge in [0.2, 0.25) is 0 Å². The molecule has 1 aromatic rings. The van der Waals surface area contributed by atoms with Gasteiger partial charge in [0.25, 0.3) is 12.3 Å². The minimum Gasteiger partial charge on any atom is -0.504 e. The molecule has 5 nitrogen and oxygen atoms in total. The smallest absolute Gasteiger partial charge is 0.261 e. The highest BCUT2D eigenvalue weighted by Gasteiger charge is 2.14. The third kappa shape index (κ3) is 4.70. The fourth-order valence-electron chi connectivity index (χ4n) is 1.37. The number of phenols is 1. The van der Waals surface area contributed by atoms with Crippen molar-refractivity contribution in [1.29, 1.82) is 0 Å². The molecule has 0 aliphatic rings. The van der Waals surface area contributed by atoms with Gasteiger partial charge in [-0.25, -0.2) is 8.78 Å². The highest BCUT2D eigenvalue weighted by molar-refractivity contribution is 5.97. The minimum absolute atomic E-state index is 0.0270. The van der Waals surface area contributed by atoms with Gasteiger partial charge in [0, 0.05) is 6.54 Å². The van der Waals surface area contributed by atoms with E-state index < -0.39 is 18.9 Å². The van der Waals surface area contributed by atoms with E-state index >= 15 is 0 Å². The van der Waals surface area contributed by atoms with Gasteiger partial charge < -0.3 is 19.9 Å². The summed E-state index contributed by atoms with van der Waals surface area (Å²) < 4.78 is 33.0. The average molecular weight is 275 g/mol. The molecule has 1 rings (SSSR count). The van der Waals surface area contributed by atoms with E-state index in [2.05, 4.69) is 10.1 Å². The summed E-state index contributed by atoms with van der Waals surface area (Å²) in [7, 11) is 1.37. The molecule has 0 aliphatic heterocycles. The van der Waals surface area contributed by atoms with Crippen LogP contribution < -0.4 is 10.1 Å². The quantitative estimate of drug-likeness (QED) is 0.738. The van der Waals surface area contributed by atoms with Crippen molar-refractivity contribution in [3.05, 3.63) is 23.8 Å². The molecule has 0 fully saturated rings. The maximum absolute atomic E-state index is 11.8. The topological polar surface area (TPSA) is 67.8 Å². The highest BCUT2D eigenvalue weighted by Crippen LogP contribution is 2.28. The second-order valence-electron chi connectivity index (χ2n) is 3.58. The molecule has 1 aromatic carbocycles. The van der Waals surface area contributed by atoms with E-state index in [1.165, 1.54) is 19.2 Å². The number of hydrogen-bond donors (Lipinski definition) is 2. The Morgan fingerprint density at radius 1 is 1.47 bits per heavy atom. The molecule has 1 amide bonds. The van der Waals surface area contributed by atoms with Gasteiger partial charge in [-0.05, 0) is 12.1 Å². The molecule has 0 radical (unpaired) electrons. The number of methoxy groups -OCH3 is 1. The van der Waals surface area contributed by atoms with Crippen LogP contribution in [0.1, 0.15) is 10.4 Å². The molecule has 0 aromatic heterocycles. The van der Waals surface area contributed by atoms with Gasteiger partial charge in [-0.15, -0.1) is 0 Å². The van der Waals surface area contributed by atoms with E-state index in [0.717, 1.165) is 0 Å². The van der Waals surface area contributed by atoms with Gasteiger partial charge in [0.05, 0.1) is 19.3 Å². The van der Waals surface area contributed by atoms with E-state index in [-0.39, 0.29) is 30.2 Å². The van der Waals surface area contributed by atoms with E-state index in [4.69, 9.17) is 4.74 Å². The third-order valence-electron chi connectivity index (χ3n) is 2.24. The van der Waals surface area contributed by atoms with Crippen LogP contribution in [0.4, 0.5) is 8.78 Å². The fourth-order valence-corrected chi connectivity index (χ4v) is 1.37. The standard InChI is InChI=1S/C12H15F2NO4/c1-18-9-4-2-3-8(11(9)16)12(17)15-5-6-19-7-10(13)14/h2-4,10,16H,5-7H2,1H3,(H,15,17). The monoisotopic (exact) mass is 275 g/mol. The zero-order chi connectivity index (χ0) is 14.3. The van der Waals surface area contributed by atoms with Crippen LogP contribution in [0.3, 0.4) is 0 Å². The summed E-state index contributed by atoms with van der Waals surface area (Å²) in [5.41, 5.74) is 0.0493. The maximum atomic E-state index is 11.8. The number of halogens is 2. The number of nitrogens with one attached hydrogen (secondary N) is 1. The molecule has 0 atom stereocenters. The zero-order valence-corrected chi connectivity index (χ0v) is 10.4. The molecule has 19 heavy (non-hydrogen) atoms. The van der Waals surface area contributed by atoms with Gasteiger partial charge >= 0.3 is 0 Å². The van der Waals surface area contributed by atoms with Crippen LogP contribution in [-0.2, 0) is 4.74 Å². The lowest BCUT2D eigenvalue weighted by Gasteiger charge is -2.09. The Balaban J connectivity index is 2.46. The van der Waals surface area contributed by atoms with Crippen molar-refractivity contribution in [2.45, 2.75) is 6.43 Å². The number of rotatable bonds is 7. The van der Waals surface area contributed by atoms with Crippen LogP contribution in [0.25, 0.3) is 0 Å². The summed E-state index contributed by atoms with van der Waals surface area (Å²) in [5.74, 6) is -0.616. The first-order chi connectivity index (χ1) is 9.06. The van der Waals surface area contributed by atoms with Crippen LogP contribution in [0.5, 0.6) is 11.5 Å². The number of carbonyl (C=O) groups excluding carboxylic acids is 1. The number of benzene rings is 1. The number of phenolic OH excluding ortho intramolecular Hbond substituents is 1. The first-order valence-electron chi connectivity index (χ1n) is 5.56. The molecule has 0 aliphatic carbocycles. The summed E-state index contributed by atoms with van der Waals surface area (Å²) in [6.45, 7) is -0.622. The lowest BCUT2D eigenvalue weighted by atomic mass is 10.1. The van der Waals surface area contributed by atoms with Gasteiger partial charge in [-0.3, -0.25) is 4.79 Å². The normalized spacial score (nSPS) is 10.5. The SMILES string of the molecule is COc1cccc(C(=O)NCCOCC(F)F)c1O. The van der Waals surface area contributed by atoms with E-state index in [9.17, 15) is 18.7 Å². The number of para-hydroxylation sites is 1. The molecular formula is C12H15F2NO4. The molecule has 7 heteroatoms. The van der Waals surface area contributed by atoms with Crippen LogP contribution in [-0.4, -0.2) is 44.3 Å². The number of ether oxygens (including phenoxy) is 2. The van der Waals surface area contributed by atoms with E-state index in [0.29, 0.717) is 0 Å². The first kappa shape index (κ1) is 15.2. The molecular weight excluding hydrogens is 260 g/mol. The van der Waals surface area contributed by atoms with Gasteiger partial charge in [-0.1, -0.05) is 6.07 Å². The van der Waals surface area contributed by atoms with Gasteiger partial charge in [0.15, 0.2) is 11.5 Å². The molecule has 106 valence electrons. The van der Waals surface area contributed by atoms with Crippen LogP contribution >= 0.6 is 0 Å². The van der Waals surface area contributed by atoms with Crippen molar-refractivity contribution in [1.82, 2.24) is 5.32 Å². The predicted molar refractivity (Wildman–Crippen MR) is 63.8 cm³/mol. The fraction of sp³-hybridized carbons (Fsp3) is 0.417. The maximum Gasteiger partial charge on any atom is 0.261 e. The van der Waals surface area contributed by atoms with Crippen molar-refractivity contribution in [3.8, 4) is 11.5 Å². The van der Waals surface area contributed by atoms with Crippen molar-refractivity contribution >= 4 is 5.91 Å². The van der Waals surface area contributed by atoms with Gasteiger partial charge in [0.1, 0.15) is 6.61 Å². The summed E-state index contributed by atoms with van der Waals surface area (Å²) in [5, 5.41) is 12.2. The van der Waals surface area contributed by atoms with E-state index in [1.807, 2.05) is 0 Å². The second kappa shape index (κ2) is 7.52. The van der Waals surface area contributed by atoms with Crippen molar-refractivity contribution in [2.24, 2.45) is 0 Å². The number of carbonyl (C=O) groups is 1. The van der Waals surface area contributed by atoms with E-state index in [1.54, 1.807) is 6.07 Å². The number of hydrogen-bond acceptors (Lipinski definition) is 4. The molecule has 0 saturated heterocycles. The van der Waals surface area contributed by atoms with Crippen molar-refractivity contribution in [2.75, 3.05) is 26.9 Å². The molecule has 0 bridgehead atoms. The Morgan fingerprint density at radius 2 is 2.21 bits per heavy atom. The Kier molecular flexibility index (Phi) is 6.01. The first-order valence-corrected chi connectivity index (χ1v) is 5.56. The summed E-state index contributed by atoms with van der Waals surface area (Å²) in [6.07, 6.45) is -2.53. The Hall–Kier alpha value is -1.89. The average Bonchev–Trinajstić information content (AvgIpc) is 2.38. The Morgan fingerprint density at radius 3 is 2.84 bits per heavy atom. The molecule has 0 unspecified atom stereocenters. The van der Waals surface area contributed by atoms with Crippen LogP contribution in [0.15, 0.2) is 18.2 Å². The van der Waals surface area contributed by atoms with Crippen molar-refractivity contribution in [3.63, 3.8) is 0 Å². The number of amides is 1. The lowest BCUT2D eigenvalue weighted by Crippen LogP contribution is -2.27. The summed E-state index contributed by atoms with van der Waals surface area (Å²) in [6, 6.07) is 4.49. The highest BCUT2D eigenvalue weighted by atomic mass is 19.3. The molecule has 0 spiro atoms. The van der Waals surface area contributed by atoms with Gasteiger partial charge in [-0.2, -0.15) is 0 Å².